The summed E-state index contributed by atoms with van der Waals surface area (Å²) >= 11 is 0. The molecule has 0 aromatic carbocycles. The average Bonchev–Trinajstić information content (AvgIpc) is 3.91. The molecule has 10 atom stereocenters. The fourth-order valence-corrected chi connectivity index (χ4v) is 14.0. The molecule has 7 nitrogen and oxygen atoms in total. The molecule has 3 saturated carbocycles. The molecule has 5 aliphatic rings. The number of hydrogen-bond acceptors (Lipinski definition) is 7. The van der Waals surface area contributed by atoms with Crippen LogP contribution < -0.4 is 0 Å². The van der Waals surface area contributed by atoms with Gasteiger partial charge in [0.05, 0.1) is 71.7 Å². The fraction of sp³-hybridized carbons (Fsp3) is 0.902. The number of fused-ring (bicyclic) bond motifs is 5. The standard InChI is InChI=1S/C61H109NO6/c1-8-9-10-11-12-13-14-15-16-17-18-19-20-21-22-23-38-66-49-55(48-62-37-25-28-52(62)5)68-46-44-65-42-40-63-39-41-64-43-45-67-54-33-35-60(6)53(47-54)29-30-56-58-32-31-57(51(4)27-24-26-50(2)3)61(58,7)36-34-59(56)60/h12-13,15-16,29,50-52,54-59H,8-11,14,17-28,30-49H2,1-7H3/b13-12-,16-15-/t51-,52?,54-,55?,56-,57+,58+,59+,60-,61+/m0/s1. The van der Waals surface area contributed by atoms with E-state index in [0.29, 0.717) is 82.4 Å². The van der Waals surface area contributed by atoms with E-state index in [9.17, 15) is 0 Å². The van der Waals surface area contributed by atoms with Crippen LogP contribution in [-0.4, -0.2) is 102 Å². The highest BCUT2D eigenvalue weighted by molar-refractivity contribution is 5.25. The molecule has 7 heteroatoms. The van der Waals surface area contributed by atoms with Gasteiger partial charge in [0.2, 0.25) is 0 Å². The van der Waals surface area contributed by atoms with Crippen LogP contribution in [0.25, 0.3) is 0 Å². The lowest BCUT2D eigenvalue weighted by molar-refractivity contribution is -0.0697. The van der Waals surface area contributed by atoms with E-state index in [1.807, 2.05) is 0 Å². The Morgan fingerprint density at radius 1 is 0.676 bits per heavy atom. The molecular weight excluding hydrogens is 843 g/mol. The monoisotopic (exact) mass is 952 g/mol. The Balaban J connectivity index is 0.839. The van der Waals surface area contributed by atoms with Gasteiger partial charge in [-0.25, -0.2) is 0 Å². The van der Waals surface area contributed by atoms with Crippen LogP contribution in [-0.2, 0) is 28.4 Å². The molecule has 4 fully saturated rings. The summed E-state index contributed by atoms with van der Waals surface area (Å²) in [6.45, 7) is 25.7. The zero-order valence-corrected chi connectivity index (χ0v) is 45.6. The van der Waals surface area contributed by atoms with E-state index < -0.39 is 0 Å². The summed E-state index contributed by atoms with van der Waals surface area (Å²) in [6.07, 6.45) is 45.2. The first-order valence-corrected chi connectivity index (χ1v) is 29.4. The van der Waals surface area contributed by atoms with Gasteiger partial charge in [0, 0.05) is 19.2 Å². The highest BCUT2D eigenvalue weighted by atomic mass is 16.6. The second kappa shape index (κ2) is 32.9. The molecule has 0 radical (unpaired) electrons. The second-order valence-electron chi connectivity index (χ2n) is 23.5. The van der Waals surface area contributed by atoms with Crippen LogP contribution in [0.5, 0.6) is 0 Å². The maximum atomic E-state index is 6.45. The summed E-state index contributed by atoms with van der Waals surface area (Å²) in [7, 11) is 0. The van der Waals surface area contributed by atoms with Crippen LogP contribution in [0.3, 0.4) is 0 Å². The van der Waals surface area contributed by atoms with Gasteiger partial charge in [-0.05, 0) is 163 Å². The normalized spacial score (nSPS) is 29.5. The van der Waals surface area contributed by atoms with Crippen molar-refractivity contribution in [1.29, 1.82) is 0 Å². The Morgan fingerprint density at radius 3 is 2.07 bits per heavy atom. The number of likely N-dealkylation sites (tertiary alicyclic amines) is 1. The molecule has 1 saturated heterocycles. The van der Waals surface area contributed by atoms with Crippen molar-refractivity contribution in [2.45, 2.75) is 227 Å². The van der Waals surface area contributed by atoms with E-state index in [4.69, 9.17) is 28.4 Å². The van der Waals surface area contributed by atoms with Crippen LogP contribution in [0.4, 0.5) is 0 Å². The zero-order valence-electron chi connectivity index (χ0n) is 45.6. The summed E-state index contributed by atoms with van der Waals surface area (Å²) in [5.74, 6) is 5.33. The lowest BCUT2D eigenvalue weighted by Gasteiger charge is -2.58. The first-order chi connectivity index (χ1) is 33.2. The predicted octanol–water partition coefficient (Wildman–Crippen LogP) is 15.2. The van der Waals surface area contributed by atoms with Crippen molar-refractivity contribution >= 4 is 0 Å². The molecule has 4 aliphatic carbocycles. The van der Waals surface area contributed by atoms with E-state index in [-0.39, 0.29) is 6.10 Å². The van der Waals surface area contributed by atoms with E-state index in [1.165, 1.54) is 141 Å². The van der Waals surface area contributed by atoms with Gasteiger partial charge in [-0.15, -0.1) is 0 Å². The van der Waals surface area contributed by atoms with Gasteiger partial charge in [-0.2, -0.15) is 0 Å². The minimum absolute atomic E-state index is 0.0864. The van der Waals surface area contributed by atoms with Gasteiger partial charge in [0.1, 0.15) is 0 Å². The third kappa shape index (κ3) is 19.4. The molecule has 1 heterocycles. The van der Waals surface area contributed by atoms with Crippen molar-refractivity contribution in [2.24, 2.45) is 46.3 Å². The van der Waals surface area contributed by atoms with Gasteiger partial charge >= 0.3 is 0 Å². The van der Waals surface area contributed by atoms with Crippen molar-refractivity contribution < 1.29 is 28.4 Å². The van der Waals surface area contributed by atoms with Crippen molar-refractivity contribution in [3.8, 4) is 0 Å². The van der Waals surface area contributed by atoms with E-state index >= 15 is 0 Å². The molecule has 0 spiro atoms. The van der Waals surface area contributed by atoms with Crippen molar-refractivity contribution in [3.05, 3.63) is 36.0 Å². The summed E-state index contributed by atoms with van der Waals surface area (Å²) in [6, 6.07) is 0.627. The molecule has 5 rings (SSSR count). The first-order valence-electron chi connectivity index (χ1n) is 29.4. The van der Waals surface area contributed by atoms with Crippen LogP contribution in [0, 0.1) is 46.3 Å². The lowest BCUT2D eigenvalue weighted by atomic mass is 9.47. The number of unbranched alkanes of at least 4 members (excludes halogenated alkanes) is 9. The SMILES string of the molecule is CCCCC/C=C\C/C=C\CCCCCCCCOCC(CN1CCCC1C)OCCOCCOCCOCCO[C@H]1CC[C@@]2(C)C(=CC[C@H]3[C@H]4CC[C@H]([C@@H](C)CCCC(C)C)[C@@]4(C)CC[C@H]32)C1. The first kappa shape index (κ1) is 57.8. The zero-order chi connectivity index (χ0) is 48.3. The Labute approximate surface area is 420 Å². The number of rotatable bonds is 38. The number of allylic oxidation sites excluding steroid dienone is 5. The summed E-state index contributed by atoms with van der Waals surface area (Å²) < 4.78 is 36.6. The number of nitrogens with zero attached hydrogens (tertiary/aromatic N) is 1. The summed E-state index contributed by atoms with van der Waals surface area (Å²) in [4.78, 5) is 2.56. The van der Waals surface area contributed by atoms with Gasteiger partial charge < -0.3 is 28.4 Å². The maximum absolute atomic E-state index is 6.45. The second-order valence-corrected chi connectivity index (χ2v) is 23.5. The summed E-state index contributed by atoms with van der Waals surface area (Å²) in [5, 5.41) is 0. The Bertz CT molecular complexity index is 1400. The van der Waals surface area contributed by atoms with Crippen molar-refractivity contribution in [3.63, 3.8) is 0 Å². The van der Waals surface area contributed by atoms with Gasteiger partial charge in [-0.3, -0.25) is 4.90 Å². The lowest BCUT2D eigenvalue weighted by Crippen LogP contribution is -2.51. The minimum Gasteiger partial charge on any atom is -0.379 e. The summed E-state index contributed by atoms with van der Waals surface area (Å²) in [5.41, 5.74) is 2.66. The van der Waals surface area contributed by atoms with Crippen LogP contribution in [0.1, 0.15) is 209 Å². The molecule has 2 unspecified atom stereocenters. The molecule has 0 aromatic rings. The molecule has 68 heavy (non-hydrogen) atoms. The number of hydrogen-bond donors (Lipinski definition) is 0. The Kier molecular flexibility index (Phi) is 28.0. The third-order valence-corrected chi connectivity index (χ3v) is 18.1. The van der Waals surface area contributed by atoms with Gasteiger partial charge in [0.25, 0.3) is 0 Å². The third-order valence-electron chi connectivity index (χ3n) is 18.1. The quantitative estimate of drug-likeness (QED) is 0.0451. The van der Waals surface area contributed by atoms with Crippen molar-refractivity contribution in [1.82, 2.24) is 4.90 Å². The van der Waals surface area contributed by atoms with Crippen LogP contribution in [0.15, 0.2) is 36.0 Å². The molecule has 0 aromatic heterocycles. The topological polar surface area (TPSA) is 58.6 Å². The highest BCUT2D eigenvalue weighted by Gasteiger charge is 2.59. The molecule has 0 amide bonds. The smallest absolute Gasteiger partial charge is 0.0936 e. The largest absolute Gasteiger partial charge is 0.379 e. The fourth-order valence-electron chi connectivity index (χ4n) is 14.0. The molecular formula is C61H109NO6. The van der Waals surface area contributed by atoms with Crippen LogP contribution in [0.2, 0.25) is 0 Å². The molecule has 0 N–H and O–H groups in total. The average molecular weight is 953 g/mol. The van der Waals surface area contributed by atoms with Crippen molar-refractivity contribution in [2.75, 3.05) is 79.2 Å². The number of ether oxygens (including phenoxy) is 6. The van der Waals surface area contributed by atoms with Crippen LogP contribution >= 0.6 is 0 Å². The highest BCUT2D eigenvalue weighted by Crippen LogP contribution is 2.67. The molecule has 1 aliphatic heterocycles. The maximum Gasteiger partial charge on any atom is 0.0936 e. The molecule has 394 valence electrons. The molecule has 0 bridgehead atoms. The van der Waals surface area contributed by atoms with Gasteiger partial charge in [-0.1, -0.05) is 135 Å². The predicted molar refractivity (Wildman–Crippen MR) is 285 cm³/mol. The van der Waals surface area contributed by atoms with E-state index in [0.717, 1.165) is 74.5 Å². The Hall–Kier alpha value is -1.06. The van der Waals surface area contributed by atoms with Gasteiger partial charge in [0.15, 0.2) is 0 Å². The Morgan fingerprint density at radius 2 is 1.37 bits per heavy atom. The van der Waals surface area contributed by atoms with E-state index in [1.54, 1.807) is 5.57 Å². The van der Waals surface area contributed by atoms with E-state index in [2.05, 4.69) is 83.7 Å². The minimum atomic E-state index is 0.0864.